The number of piperidine rings is 1. The van der Waals surface area contributed by atoms with Crippen LogP contribution in [0.15, 0.2) is 127 Å². The van der Waals surface area contributed by atoms with Gasteiger partial charge >= 0.3 is 6.09 Å². The average Bonchev–Trinajstić information content (AvgIpc) is 3.23. The van der Waals surface area contributed by atoms with E-state index in [0.717, 1.165) is 46.5 Å². The van der Waals surface area contributed by atoms with Gasteiger partial charge in [-0.1, -0.05) is 103 Å². The number of likely N-dealkylation sites (tertiary alicyclic amines) is 1. The minimum atomic E-state index is -0.486. The number of nitrogens with one attached hydrogen (secondary N) is 3. The molecular formula is C46H48N6O5. The van der Waals surface area contributed by atoms with Crippen molar-refractivity contribution in [3.63, 3.8) is 0 Å². The van der Waals surface area contributed by atoms with Gasteiger partial charge in [0.15, 0.2) is 0 Å². The number of anilines is 2. The van der Waals surface area contributed by atoms with Crippen molar-refractivity contribution in [1.29, 1.82) is 0 Å². The summed E-state index contributed by atoms with van der Waals surface area (Å²) >= 11 is 0. The third kappa shape index (κ3) is 10.1. The summed E-state index contributed by atoms with van der Waals surface area (Å²) in [5.74, 6) is -0.475. The van der Waals surface area contributed by atoms with E-state index in [1.807, 2.05) is 60.7 Å². The number of hydrogen-bond acceptors (Lipinski definition) is 7. The lowest BCUT2D eigenvalue weighted by Crippen LogP contribution is -2.49. The minimum absolute atomic E-state index is 0.0949. The van der Waals surface area contributed by atoms with Crippen LogP contribution in [0.25, 0.3) is 33.4 Å². The molecule has 0 aromatic heterocycles. The lowest BCUT2D eigenvalue weighted by atomic mass is 9.88. The predicted molar refractivity (Wildman–Crippen MR) is 224 cm³/mol. The molecule has 11 nitrogen and oxygen atoms in total. The molecule has 2 aliphatic heterocycles. The molecule has 11 heteroatoms. The highest BCUT2D eigenvalue weighted by atomic mass is 16.6. The number of benzene rings is 5. The fourth-order valence-corrected chi connectivity index (χ4v) is 7.49. The standard InChI is InChI=1S/C46H48N6O5/c1-50(45(55)35-16-10-17-36(30-35)48-43(54)32-52-27-24-47-42(53)31-52)28-29-51-25-22-37(23-26-51)57-46(56)49-41-21-11-20-39(34-14-6-3-7-15-34)44(41)40-19-9-8-18-38(40)33-12-4-2-5-13-33/h2-21,30,37H,22-29,31-32H2,1H3,(H,47,53)(H,48,54)(H,49,56). The molecule has 0 saturated carbocycles. The van der Waals surface area contributed by atoms with Gasteiger partial charge in [0, 0.05) is 63.1 Å². The van der Waals surface area contributed by atoms with Crippen LogP contribution in [0.3, 0.4) is 0 Å². The molecule has 0 atom stereocenters. The number of nitrogens with zero attached hydrogens (tertiary/aromatic N) is 3. The quantitative estimate of drug-likeness (QED) is 0.127. The van der Waals surface area contributed by atoms with E-state index >= 15 is 0 Å². The Morgan fingerprint density at radius 2 is 1.39 bits per heavy atom. The maximum absolute atomic E-state index is 13.5. The first-order valence-corrected chi connectivity index (χ1v) is 19.5. The average molecular weight is 765 g/mol. The van der Waals surface area contributed by atoms with Gasteiger partial charge in [0.2, 0.25) is 11.8 Å². The van der Waals surface area contributed by atoms with Crippen LogP contribution in [0.5, 0.6) is 0 Å². The van der Waals surface area contributed by atoms with Gasteiger partial charge in [-0.05, 0) is 64.9 Å². The molecule has 0 spiro atoms. The maximum atomic E-state index is 13.5. The number of hydrogen-bond donors (Lipinski definition) is 3. The Balaban J connectivity index is 0.929. The van der Waals surface area contributed by atoms with E-state index in [4.69, 9.17) is 4.74 Å². The van der Waals surface area contributed by atoms with Crippen LogP contribution in [-0.4, -0.2) is 104 Å². The zero-order chi connectivity index (χ0) is 39.6. The Hall–Kier alpha value is -6.30. The van der Waals surface area contributed by atoms with Crippen LogP contribution >= 0.6 is 0 Å². The van der Waals surface area contributed by atoms with Crippen LogP contribution in [0, 0.1) is 0 Å². The van der Waals surface area contributed by atoms with E-state index in [1.165, 1.54) is 0 Å². The van der Waals surface area contributed by atoms with Gasteiger partial charge in [0.25, 0.3) is 5.91 Å². The Morgan fingerprint density at radius 3 is 2.11 bits per heavy atom. The molecule has 2 saturated heterocycles. The molecule has 5 aromatic rings. The summed E-state index contributed by atoms with van der Waals surface area (Å²) in [5.41, 5.74) is 7.83. The molecule has 0 bridgehead atoms. The van der Waals surface area contributed by atoms with E-state index in [1.54, 1.807) is 41.1 Å². The van der Waals surface area contributed by atoms with Gasteiger partial charge in [-0.25, -0.2) is 4.79 Å². The van der Waals surface area contributed by atoms with Crippen molar-refractivity contribution in [1.82, 2.24) is 20.0 Å². The van der Waals surface area contributed by atoms with E-state index in [9.17, 15) is 19.2 Å². The van der Waals surface area contributed by atoms with Gasteiger partial charge < -0.3 is 25.2 Å². The summed E-state index contributed by atoms with van der Waals surface area (Å²) in [6.07, 6.45) is 0.647. The van der Waals surface area contributed by atoms with Crippen molar-refractivity contribution in [2.45, 2.75) is 18.9 Å². The Kier molecular flexibility index (Phi) is 12.7. The van der Waals surface area contributed by atoms with Crippen molar-refractivity contribution in [3.8, 4) is 33.4 Å². The molecule has 292 valence electrons. The molecule has 7 rings (SSSR count). The van der Waals surface area contributed by atoms with Crippen LogP contribution in [0.1, 0.15) is 23.2 Å². The number of amides is 4. The van der Waals surface area contributed by atoms with Crippen molar-refractivity contribution in [2.75, 3.05) is 70.0 Å². The number of carbonyl (C=O) groups is 4. The molecule has 0 aliphatic carbocycles. The fraction of sp³-hybridized carbons (Fsp3) is 0.261. The molecule has 2 fully saturated rings. The lowest BCUT2D eigenvalue weighted by molar-refractivity contribution is -0.125. The first-order chi connectivity index (χ1) is 27.8. The third-order valence-corrected chi connectivity index (χ3v) is 10.5. The van der Waals surface area contributed by atoms with Crippen LogP contribution in [0.4, 0.5) is 16.2 Å². The van der Waals surface area contributed by atoms with E-state index < -0.39 is 6.09 Å². The van der Waals surface area contributed by atoms with Gasteiger partial charge in [0.1, 0.15) is 6.10 Å². The molecule has 5 aromatic carbocycles. The number of likely N-dealkylation sites (N-methyl/N-ethyl adjacent to an activating group) is 1. The van der Waals surface area contributed by atoms with E-state index in [0.29, 0.717) is 56.0 Å². The van der Waals surface area contributed by atoms with Gasteiger partial charge in [-0.3, -0.25) is 24.6 Å². The van der Waals surface area contributed by atoms with Crippen LogP contribution in [0.2, 0.25) is 0 Å². The number of rotatable bonds is 12. The molecule has 0 unspecified atom stereocenters. The van der Waals surface area contributed by atoms with Crippen LogP contribution < -0.4 is 16.0 Å². The summed E-state index contributed by atoms with van der Waals surface area (Å²) < 4.78 is 6.01. The number of ether oxygens (including phenoxy) is 1. The predicted octanol–water partition coefficient (Wildman–Crippen LogP) is 6.84. The Labute approximate surface area is 333 Å². The van der Waals surface area contributed by atoms with Crippen molar-refractivity contribution in [2.24, 2.45) is 0 Å². The SMILES string of the molecule is CN(CCN1CCC(OC(=O)Nc2cccc(-c3ccccc3)c2-c2ccccc2-c2ccccc2)CC1)C(=O)c1cccc(NC(=O)CN2CCNC(=O)C2)c1. The van der Waals surface area contributed by atoms with E-state index in [2.05, 4.69) is 63.3 Å². The summed E-state index contributed by atoms with van der Waals surface area (Å²) in [5, 5.41) is 8.70. The highest BCUT2D eigenvalue weighted by molar-refractivity contribution is 6.02. The molecule has 57 heavy (non-hydrogen) atoms. The highest BCUT2D eigenvalue weighted by Crippen LogP contribution is 2.42. The summed E-state index contributed by atoms with van der Waals surface area (Å²) in [6.45, 7) is 4.09. The second-order valence-electron chi connectivity index (χ2n) is 14.5. The summed E-state index contributed by atoms with van der Waals surface area (Å²) in [7, 11) is 1.77. The van der Waals surface area contributed by atoms with Gasteiger partial charge in [-0.15, -0.1) is 0 Å². The fourth-order valence-electron chi connectivity index (χ4n) is 7.49. The Morgan fingerprint density at radius 1 is 0.737 bits per heavy atom. The molecule has 2 aliphatic rings. The largest absolute Gasteiger partial charge is 0.446 e. The second-order valence-corrected chi connectivity index (χ2v) is 14.5. The first-order valence-electron chi connectivity index (χ1n) is 19.5. The second kappa shape index (κ2) is 18.6. The molecular weight excluding hydrogens is 717 g/mol. The molecule has 4 amide bonds. The van der Waals surface area contributed by atoms with E-state index in [-0.39, 0.29) is 36.9 Å². The molecule has 3 N–H and O–H groups in total. The van der Waals surface area contributed by atoms with Gasteiger partial charge in [0.05, 0.1) is 18.8 Å². The summed E-state index contributed by atoms with van der Waals surface area (Å²) in [6, 6.07) is 41.6. The minimum Gasteiger partial charge on any atom is -0.446 e. The third-order valence-electron chi connectivity index (χ3n) is 10.5. The molecule has 0 radical (unpaired) electrons. The monoisotopic (exact) mass is 764 g/mol. The topological polar surface area (TPSA) is 123 Å². The zero-order valence-corrected chi connectivity index (χ0v) is 32.2. The lowest BCUT2D eigenvalue weighted by Gasteiger charge is -2.32. The molecule has 2 heterocycles. The van der Waals surface area contributed by atoms with Crippen molar-refractivity contribution in [3.05, 3.63) is 133 Å². The maximum Gasteiger partial charge on any atom is 0.411 e. The van der Waals surface area contributed by atoms with Gasteiger partial charge in [-0.2, -0.15) is 0 Å². The zero-order valence-electron chi connectivity index (χ0n) is 32.2. The highest BCUT2D eigenvalue weighted by Gasteiger charge is 2.25. The number of piperazine rings is 1. The Bertz CT molecular complexity index is 2190. The van der Waals surface area contributed by atoms with Crippen LogP contribution in [-0.2, 0) is 14.3 Å². The number of carbonyl (C=O) groups excluding carboxylic acids is 4. The smallest absolute Gasteiger partial charge is 0.411 e. The normalized spacial score (nSPS) is 15.0. The first kappa shape index (κ1) is 39.0. The summed E-state index contributed by atoms with van der Waals surface area (Å²) in [4.78, 5) is 56.8. The van der Waals surface area contributed by atoms with Crippen molar-refractivity contribution < 1.29 is 23.9 Å². The van der Waals surface area contributed by atoms with Crippen molar-refractivity contribution >= 4 is 35.2 Å².